The van der Waals surface area contributed by atoms with Crippen LogP contribution in [-0.2, 0) is 21.1 Å². The summed E-state index contributed by atoms with van der Waals surface area (Å²) in [6, 6.07) is 2.08. The van der Waals surface area contributed by atoms with Crippen LogP contribution in [0.4, 0.5) is 0 Å². The zero-order chi connectivity index (χ0) is 16.9. The van der Waals surface area contributed by atoms with Crippen molar-refractivity contribution >= 4 is 27.1 Å². The molecule has 1 fully saturated rings. The molecule has 0 radical (unpaired) electrons. The molecule has 23 heavy (non-hydrogen) atoms. The Morgan fingerprint density at radius 1 is 1.39 bits per heavy atom. The van der Waals surface area contributed by atoms with Gasteiger partial charge in [0.2, 0.25) is 0 Å². The molecule has 2 N–H and O–H groups in total. The van der Waals surface area contributed by atoms with Gasteiger partial charge in [0, 0.05) is 37.9 Å². The largest absolute Gasteiger partial charge is 0.381 e. The first kappa shape index (κ1) is 18.2. The van der Waals surface area contributed by atoms with Gasteiger partial charge >= 0.3 is 0 Å². The van der Waals surface area contributed by atoms with Gasteiger partial charge in [0.05, 0.1) is 11.3 Å². The molecule has 0 amide bonds. The van der Waals surface area contributed by atoms with E-state index in [4.69, 9.17) is 4.74 Å². The maximum absolute atomic E-state index is 12.2. The number of nitrogens with zero attached hydrogens (tertiary/aromatic N) is 1. The predicted molar refractivity (Wildman–Crippen MR) is 94.9 cm³/mol. The molecule has 1 aromatic heterocycles. The van der Waals surface area contributed by atoms with E-state index >= 15 is 0 Å². The summed E-state index contributed by atoms with van der Waals surface area (Å²) in [5, 5.41) is 8.48. The zero-order valence-corrected chi connectivity index (χ0v) is 15.5. The number of nitrogens with one attached hydrogen (secondary N) is 2. The van der Waals surface area contributed by atoms with E-state index in [0.717, 1.165) is 0 Å². The Morgan fingerprint density at radius 2 is 2.09 bits per heavy atom. The molecule has 0 bridgehead atoms. The number of rotatable bonds is 5. The number of ether oxygens (including phenoxy) is 1. The Morgan fingerprint density at radius 3 is 2.61 bits per heavy atom. The van der Waals surface area contributed by atoms with Gasteiger partial charge in [0.25, 0.3) is 0 Å². The van der Waals surface area contributed by atoms with Crippen LogP contribution in [0.5, 0.6) is 0 Å². The van der Waals surface area contributed by atoms with Gasteiger partial charge in [0.1, 0.15) is 0 Å². The quantitative estimate of drug-likeness (QED) is 0.612. The molecule has 1 aliphatic rings. The lowest BCUT2D eigenvalue weighted by atomic mass is 9.99. The second-order valence-electron chi connectivity index (χ2n) is 5.87. The van der Waals surface area contributed by atoms with Gasteiger partial charge < -0.3 is 15.4 Å². The van der Waals surface area contributed by atoms with Crippen LogP contribution in [0.3, 0.4) is 0 Å². The third-order valence-electron chi connectivity index (χ3n) is 4.38. The van der Waals surface area contributed by atoms with E-state index in [1.54, 1.807) is 18.4 Å². The fourth-order valence-corrected chi connectivity index (χ4v) is 4.73. The molecule has 6 nitrogen and oxygen atoms in total. The lowest BCUT2D eigenvalue weighted by Gasteiger charge is -2.35. The molecule has 0 saturated carbocycles. The van der Waals surface area contributed by atoms with Gasteiger partial charge in [-0.1, -0.05) is 0 Å². The molecule has 1 aromatic rings. The first-order valence-electron chi connectivity index (χ1n) is 7.63. The third kappa shape index (κ3) is 4.45. The lowest BCUT2D eigenvalue weighted by molar-refractivity contribution is 0.0756. The summed E-state index contributed by atoms with van der Waals surface area (Å²) in [4.78, 5) is 5.43. The van der Waals surface area contributed by atoms with Gasteiger partial charge in [-0.2, -0.15) is 0 Å². The first-order valence-corrected chi connectivity index (χ1v) is 10.4. The van der Waals surface area contributed by atoms with Crippen LogP contribution in [0.25, 0.3) is 0 Å². The minimum atomic E-state index is -3.18. The highest BCUT2D eigenvalue weighted by molar-refractivity contribution is 7.92. The highest BCUT2D eigenvalue weighted by atomic mass is 32.2. The standard InChI is InChI=1S/C15H25N3O3S2/c1-12-4-9-22-13(12)10-17-14(16-2)18-11-15(23(3,19)20)5-7-21-8-6-15/h4,9H,5-8,10-11H2,1-3H3,(H2,16,17,18). The average Bonchev–Trinajstić information content (AvgIpc) is 2.92. The van der Waals surface area contributed by atoms with Gasteiger partial charge in [0.15, 0.2) is 15.8 Å². The molecule has 8 heteroatoms. The van der Waals surface area contributed by atoms with E-state index in [-0.39, 0.29) is 0 Å². The van der Waals surface area contributed by atoms with Gasteiger partial charge in [-0.25, -0.2) is 8.42 Å². The number of thiophene rings is 1. The summed E-state index contributed by atoms with van der Waals surface area (Å²) in [6.45, 7) is 4.06. The van der Waals surface area contributed by atoms with E-state index in [2.05, 4.69) is 34.0 Å². The van der Waals surface area contributed by atoms with Gasteiger partial charge in [-0.3, -0.25) is 4.99 Å². The SMILES string of the molecule is CN=C(NCc1sccc1C)NCC1(S(C)(=O)=O)CCOCC1. The Kier molecular flexibility index (Phi) is 6.05. The van der Waals surface area contributed by atoms with Crippen LogP contribution in [-0.4, -0.2) is 52.2 Å². The topological polar surface area (TPSA) is 79.8 Å². The van der Waals surface area contributed by atoms with Crippen LogP contribution < -0.4 is 10.6 Å². The minimum Gasteiger partial charge on any atom is -0.381 e. The summed E-state index contributed by atoms with van der Waals surface area (Å²) >= 11 is 1.69. The first-order chi connectivity index (χ1) is 10.9. The van der Waals surface area contributed by atoms with Crippen molar-refractivity contribution in [2.75, 3.05) is 33.1 Å². The van der Waals surface area contributed by atoms with Crippen LogP contribution >= 0.6 is 11.3 Å². The van der Waals surface area contributed by atoms with Crippen molar-refractivity contribution in [1.82, 2.24) is 10.6 Å². The maximum Gasteiger partial charge on any atom is 0.191 e. The summed E-state index contributed by atoms with van der Waals surface area (Å²) in [5.74, 6) is 0.618. The van der Waals surface area contributed by atoms with Crippen LogP contribution in [0.1, 0.15) is 23.3 Å². The van der Waals surface area contributed by atoms with E-state index in [0.29, 0.717) is 45.1 Å². The number of hydrogen-bond donors (Lipinski definition) is 2. The summed E-state index contributed by atoms with van der Waals surface area (Å²) in [7, 11) is -1.49. The van der Waals surface area contributed by atoms with Crippen LogP contribution in [0.2, 0.25) is 0 Å². The third-order valence-corrected chi connectivity index (χ3v) is 7.53. The van der Waals surface area contributed by atoms with Crippen molar-refractivity contribution < 1.29 is 13.2 Å². The van der Waals surface area contributed by atoms with E-state index in [1.165, 1.54) is 16.7 Å². The Bertz CT molecular complexity index is 647. The lowest BCUT2D eigenvalue weighted by Crippen LogP contribution is -2.53. The summed E-state index contributed by atoms with van der Waals surface area (Å²) in [6.07, 6.45) is 2.34. The Hall–Kier alpha value is -1.12. The Balaban J connectivity index is 1.97. The van der Waals surface area contributed by atoms with Gasteiger partial charge in [-0.15, -0.1) is 11.3 Å². The molecular formula is C15H25N3O3S2. The minimum absolute atomic E-state index is 0.346. The highest BCUT2D eigenvalue weighted by Crippen LogP contribution is 2.28. The maximum atomic E-state index is 12.2. The van der Waals surface area contributed by atoms with Crippen molar-refractivity contribution in [1.29, 1.82) is 0 Å². The van der Waals surface area contributed by atoms with Crippen LogP contribution in [0.15, 0.2) is 16.4 Å². The second-order valence-corrected chi connectivity index (χ2v) is 9.28. The zero-order valence-electron chi connectivity index (χ0n) is 13.9. The van der Waals surface area contributed by atoms with Crippen molar-refractivity contribution in [2.45, 2.75) is 31.1 Å². The molecule has 2 heterocycles. The molecule has 0 spiro atoms. The number of hydrogen-bond acceptors (Lipinski definition) is 5. The predicted octanol–water partition coefficient (Wildman–Crippen LogP) is 1.32. The number of sulfone groups is 1. The fourth-order valence-electron chi connectivity index (χ4n) is 2.64. The molecule has 1 saturated heterocycles. The van der Waals surface area contributed by atoms with Crippen molar-refractivity contribution in [3.05, 3.63) is 21.9 Å². The summed E-state index contributed by atoms with van der Waals surface area (Å²) in [5.41, 5.74) is 1.25. The fraction of sp³-hybridized carbons (Fsp3) is 0.667. The monoisotopic (exact) mass is 359 g/mol. The van der Waals surface area contributed by atoms with Gasteiger partial charge in [-0.05, 0) is 36.8 Å². The second kappa shape index (κ2) is 7.63. The van der Waals surface area contributed by atoms with E-state index in [9.17, 15) is 8.42 Å². The molecule has 2 rings (SSSR count). The molecule has 130 valence electrons. The van der Waals surface area contributed by atoms with Crippen molar-refractivity contribution in [3.63, 3.8) is 0 Å². The number of aryl methyl sites for hydroxylation is 1. The number of guanidine groups is 1. The normalized spacial score (nSPS) is 18.7. The molecule has 0 unspecified atom stereocenters. The number of aliphatic imine (C=N–C) groups is 1. The molecule has 0 atom stereocenters. The smallest absolute Gasteiger partial charge is 0.191 e. The van der Waals surface area contributed by atoms with Crippen molar-refractivity contribution in [3.8, 4) is 0 Å². The van der Waals surface area contributed by atoms with E-state index in [1.807, 2.05) is 0 Å². The average molecular weight is 360 g/mol. The van der Waals surface area contributed by atoms with Crippen molar-refractivity contribution in [2.24, 2.45) is 4.99 Å². The Labute approximate surface area is 142 Å². The van der Waals surface area contributed by atoms with Crippen LogP contribution in [0, 0.1) is 6.92 Å². The molecule has 0 aromatic carbocycles. The molecule has 0 aliphatic carbocycles. The molecular weight excluding hydrogens is 334 g/mol. The summed E-state index contributed by atoms with van der Waals surface area (Å²) < 4.78 is 29.0. The highest BCUT2D eigenvalue weighted by Gasteiger charge is 2.42. The van der Waals surface area contributed by atoms with E-state index < -0.39 is 14.6 Å². The molecule has 1 aliphatic heterocycles.